The van der Waals surface area contributed by atoms with E-state index < -0.39 is 11.9 Å². The molecule has 1 amide bonds. The van der Waals surface area contributed by atoms with Crippen molar-refractivity contribution in [2.24, 2.45) is 0 Å². The van der Waals surface area contributed by atoms with Crippen molar-refractivity contribution in [3.63, 3.8) is 0 Å². The van der Waals surface area contributed by atoms with Gasteiger partial charge < -0.3 is 14.6 Å². The average molecular weight is 481 g/mol. The second-order valence-corrected chi connectivity index (χ2v) is 7.34. The van der Waals surface area contributed by atoms with Gasteiger partial charge in [0.25, 0.3) is 5.91 Å². The largest absolute Gasteiger partial charge is 0.454 e. The topological polar surface area (TPSA) is 73.2 Å². The number of aryl methyl sites for hydroxylation is 1. The molecule has 0 saturated carbocycles. The summed E-state index contributed by atoms with van der Waals surface area (Å²) in [6.07, 6.45) is 0. The van der Waals surface area contributed by atoms with E-state index in [-0.39, 0.29) is 13.2 Å². The van der Waals surface area contributed by atoms with Crippen molar-refractivity contribution in [2.45, 2.75) is 13.5 Å². The number of benzene rings is 2. The van der Waals surface area contributed by atoms with Gasteiger partial charge in [-0.15, -0.1) is 0 Å². The number of para-hydroxylation sites is 2. The maximum Gasteiger partial charge on any atom is 0.326 e. The fourth-order valence-corrected chi connectivity index (χ4v) is 3.64. The minimum atomic E-state index is -0.499. The van der Waals surface area contributed by atoms with E-state index in [1.807, 2.05) is 37.3 Å². The van der Waals surface area contributed by atoms with Crippen molar-refractivity contribution in [3.8, 4) is 0 Å². The van der Waals surface area contributed by atoms with E-state index in [2.05, 4.69) is 42.2 Å². The van der Waals surface area contributed by atoms with Gasteiger partial charge in [-0.3, -0.25) is 9.59 Å². The number of carbonyl (C=O) groups excluding carboxylic acids is 2. The molecular formula is C18H15Br2N3O3. The predicted octanol–water partition coefficient (Wildman–Crippen LogP) is 4.05. The molecule has 0 spiro atoms. The number of carbonyl (C=O) groups is 2. The van der Waals surface area contributed by atoms with Crippen molar-refractivity contribution < 1.29 is 14.3 Å². The fraction of sp³-hybridized carbons (Fsp3) is 0.167. The maximum absolute atomic E-state index is 12.1. The van der Waals surface area contributed by atoms with Crippen LogP contribution in [0.4, 0.5) is 5.69 Å². The van der Waals surface area contributed by atoms with Gasteiger partial charge in [0.1, 0.15) is 12.4 Å². The molecule has 6 nitrogen and oxygen atoms in total. The summed E-state index contributed by atoms with van der Waals surface area (Å²) in [5, 5.41) is 2.69. The van der Waals surface area contributed by atoms with E-state index in [0.717, 1.165) is 20.0 Å². The lowest BCUT2D eigenvalue weighted by atomic mass is 10.3. The van der Waals surface area contributed by atoms with Crippen LogP contribution >= 0.6 is 31.9 Å². The Hall–Kier alpha value is -2.19. The SMILES string of the molecule is Cc1nc2ccccc2n1CC(=O)OCC(=O)Nc1ccc(Br)cc1Br. The lowest BCUT2D eigenvalue weighted by Crippen LogP contribution is -2.23. The minimum Gasteiger partial charge on any atom is -0.454 e. The van der Waals surface area contributed by atoms with Crippen LogP contribution in [0.1, 0.15) is 5.82 Å². The molecule has 0 atom stereocenters. The van der Waals surface area contributed by atoms with Gasteiger partial charge in [0, 0.05) is 8.95 Å². The third-order valence-corrected chi connectivity index (χ3v) is 4.85. The third-order valence-electron chi connectivity index (χ3n) is 3.70. The van der Waals surface area contributed by atoms with Crippen LogP contribution in [-0.2, 0) is 20.9 Å². The van der Waals surface area contributed by atoms with E-state index in [9.17, 15) is 9.59 Å². The molecule has 134 valence electrons. The van der Waals surface area contributed by atoms with E-state index >= 15 is 0 Å². The van der Waals surface area contributed by atoms with Crippen molar-refractivity contribution in [3.05, 3.63) is 57.2 Å². The lowest BCUT2D eigenvalue weighted by Gasteiger charge is -2.10. The van der Waals surface area contributed by atoms with Crippen molar-refractivity contribution in [1.29, 1.82) is 0 Å². The number of nitrogens with one attached hydrogen (secondary N) is 1. The number of amides is 1. The summed E-state index contributed by atoms with van der Waals surface area (Å²) in [7, 11) is 0. The molecule has 0 aliphatic carbocycles. The van der Waals surface area contributed by atoms with E-state index in [0.29, 0.717) is 11.5 Å². The predicted molar refractivity (Wildman–Crippen MR) is 106 cm³/mol. The molecule has 8 heteroatoms. The second-order valence-electron chi connectivity index (χ2n) is 5.57. The fourth-order valence-electron chi connectivity index (χ4n) is 2.49. The summed E-state index contributed by atoms with van der Waals surface area (Å²) in [5.41, 5.74) is 2.27. The molecule has 0 unspecified atom stereocenters. The smallest absolute Gasteiger partial charge is 0.326 e. The van der Waals surface area contributed by atoms with Crippen LogP contribution in [0.2, 0.25) is 0 Å². The van der Waals surface area contributed by atoms with Crippen LogP contribution < -0.4 is 5.32 Å². The Morgan fingerprint density at radius 2 is 1.96 bits per heavy atom. The van der Waals surface area contributed by atoms with Gasteiger partial charge >= 0.3 is 5.97 Å². The van der Waals surface area contributed by atoms with Gasteiger partial charge in [0.15, 0.2) is 6.61 Å². The first-order chi connectivity index (χ1) is 12.4. The highest BCUT2D eigenvalue weighted by atomic mass is 79.9. The number of hydrogen-bond donors (Lipinski definition) is 1. The van der Waals surface area contributed by atoms with Crippen LogP contribution in [0.5, 0.6) is 0 Å². The van der Waals surface area contributed by atoms with E-state index in [1.165, 1.54) is 0 Å². The zero-order valence-corrected chi connectivity index (χ0v) is 17.0. The molecule has 0 aliphatic heterocycles. The molecule has 0 aliphatic rings. The van der Waals surface area contributed by atoms with Gasteiger partial charge in [-0.25, -0.2) is 4.98 Å². The Balaban J connectivity index is 1.58. The monoisotopic (exact) mass is 479 g/mol. The number of nitrogens with zero attached hydrogens (tertiary/aromatic N) is 2. The maximum atomic E-state index is 12.1. The minimum absolute atomic E-state index is 0.00159. The van der Waals surface area contributed by atoms with Crippen LogP contribution in [0, 0.1) is 6.92 Å². The number of esters is 1. The van der Waals surface area contributed by atoms with E-state index in [4.69, 9.17) is 4.74 Å². The number of anilines is 1. The number of imidazole rings is 1. The number of fused-ring (bicyclic) bond motifs is 1. The number of hydrogen-bond acceptors (Lipinski definition) is 4. The standard InChI is InChI=1S/C18H15Br2N3O3/c1-11-21-15-4-2-3-5-16(15)23(11)9-18(25)26-10-17(24)22-14-7-6-12(19)8-13(14)20/h2-8H,9-10H2,1H3,(H,22,24). The Morgan fingerprint density at radius 3 is 2.73 bits per heavy atom. The summed E-state index contributed by atoms with van der Waals surface area (Å²) >= 11 is 6.71. The van der Waals surface area contributed by atoms with Gasteiger partial charge in [-0.2, -0.15) is 0 Å². The van der Waals surface area contributed by atoms with E-state index in [1.54, 1.807) is 16.7 Å². The molecule has 1 aromatic heterocycles. The molecular weight excluding hydrogens is 466 g/mol. The van der Waals surface area contributed by atoms with Gasteiger partial charge in [0.2, 0.25) is 0 Å². The van der Waals surface area contributed by atoms with Crippen LogP contribution in [0.15, 0.2) is 51.4 Å². The normalized spacial score (nSPS) is 10.7. The third kappa shape index (κ3) is 4.31. The number of aromatic nitrogens is 2. The Morgan fingerprint density at radius 1 is 1.19 bits per heavy atom. The average Bonchev–Trinajstić information content (AvgIpc) is 2.91. The number of ether oxygens (including phenoxy) is 1. The molecule has 3 rings (SSSR count). The van der Waals surface area contributed by atoms with Gasteiger partial charge in [0.05, 0.1) is 16.7 Å². The molecule has 0 saturated heterocycles. The first-order valence-electron chi connectivity index (χ1n) is 7.76. The second kappa shape index (κ2) is 8.01. The molecule has 1 heterocycles. The quantitative estimate of drug-likeness (QED) is 0.559. The summed E-state index contributed by atoms with van der Waals surface area (Å²) in [6.45, 7) is 1.47. The number of halogens is 2. The zero-order valence-electron chi connectivity index (χ0n) is 13.8. The van der Waals surface area contributed by atoms with Gasteiger partial charge in [-0.1, -0.05) is 28.1 Å². The highest BCUT2D eigenvalue weighted by Crippen LogP contribution is 2.26. The van der Waals surface area contributed by atoms with Crippen LogP contribution in [0.3, 0.4) is 0 Å². The zero-order chi connectivity index (χ0) is 18.7. The highest BCUT2D eigenvalue weighted by Gasteiger charge is 2.13. The molecule has 2 aromatic carbocycles. The summed E-state index contributed by atoms with van der Waals surface area (Å²) < 4.78 is 8.47. The molecule has 3 aromatic rings. The summed E-state index contributed by atoms with van der Waals surface area (Å²) in [4.78, 5) is 28.5. The lowest BCUT2D eigenvalue weighted by molar-refractivity contribution is -0.147. The Labute approximate surface area is 166 Å². The molecule has 0 bridgehead atoms. The molecule has 1 N–H and O–H groups in total. The molecule has 0 radical (unpaired) electrons. The molecule has 26 heavy (non-hydrogen) atoms. The highest BCUT2D eigenvalue weighted by molar-refractivity contribution is 9.11. The van der Waals surface area contributed by atoms with Crippen molar-refractivity contribution in [2.75, 3.05) is 11.9 Å². The van der Waals surface area contributed by atoms with Gasteiger partial charge in [-0.05, 0) is 53.2 Å². The van der Waals surface area contributed by atoms with Crippen LogP contribution in [-0.4, -0.2) is 28.0 Å². The Bertz CT molecular complexity index is 985. The Kier molecular flexibility index (Phi) is 5.73. The summed E-state index contributed by atoms with van der Waals surface area (Å²) in [6, 6.07) is 12.9. The first-order valence-corrected chi connectivity index (χ1v) is 9.35. The van der Waals surface area contributed by atoms with Crippen LogP contribution in [0.25, 0.3) is 11.0 Å². The molecule has 0 fully saturated rings. The number of rotatable bonds is 5. The van der Waals surface area contributed by atoms with Crippen molar-refractivity contribution in [1.82, 2.24) is 9.55 Å². The van der Waals surface area contributed by atoms with Crippen molar-refractivity contribution >= 4 is 60.5 Å². The first kappa shape index (κ1) is 18.6. The summed E-state index contributed by atoms with van der Waals surface area (Å²) in [5.74, 6) is -0.193.